The Morgan fingerprint density at radius 3 is 2.83 bits per heavy atom. The summed E-state index contributed by atoms with van der Waals surface area (Å²) in [7, 11) is 1.65. The molecule has 0 unspecified atom stereocenters. The molecule has 0 fully saturated rings. The highest BCUT2D eigenvalue weighted by atomic mass is 32.1. The van der Waals surface area contributed by atoms with Crippen molar-refractivity contribution in [3.63, 3.8) is 0 Å². The lowest BCUT2D eigenvalue weighted by Crippen LogP contribution is -2.19. The summed E-state index contributed by atoms with van der Waals surface area (Å²) in [6, 6.07) is 15.7. The lowest BCUT2D eigenvalue weighted by Gasteiger charge is -2.04. The summed E-state index contributed by atoms with van der Waals surface area (Å²) in [5.41, 5.74) is 4.08. The normalized spacial score (nSPS) is 11.9. The summed E-state index contributed by atoms with van der Waals surface area (Å²) < 4.78 is 7.88. The maximum Gasteiger partial charge on any atom is 0.282 e. The van der Waals surface area contributed by atoms with Crippen LogP contribution in [0.15, 0.2) is 58.3 Å². The summed E-state index contributed by atoms with van der Waals surface area (Å²) in [6.45, 7) is 4.48. The van der Waals surface area contributed by atoms with Gasteiger partial charge in [0.2, 0.25) is 5.13 Å². The third kappa shape index (κ3) is 3.93. The smallest absolute Gasteiger partial charge is 0.282 e. The van der Waals surface area contributed by atoms with E-state index in [-0.39, 0.29) is 5.56 Å². The van der Waals surface area contributed by atoms with E-state index >= 15 is 0 Å². The Kier molecular flexibility index (Phi) is 5.81. The molecule has 0 saturated carbocycles. The second-order valence-electron chi connectivity index (χ2n) is 7.07. The van der Waals surface area contributed by atoms with E-state index in [9.17, 15) is 4.79 Å². The first-order valence-corrected chi connectivity index (χ1v) is 10.8. The van der Waals surface area contributed by atoms with Gasteiger partial charge >= 0.3 is 0 Å². The molecule has 2 aromatic carbocycles. The van der Waals surface area contributed by atoms with Crippen LogP contribution in [0.3, 0.4) is 0 Å². The maximum absolute atomic E-state index is 13.3. The van der Waals surface area contributed by atoms with Gasteiger partial charge in [-0.25, -0.2) is 4.98 Å². The van der Waals surface area contributed by atoms with Crippen molar-refractivity contribution < 1.29 is 4.74 Å². The van der Waals surface area contributed by atoms with E-state index in [2.05, 4.69) is 17.0 Å². The molecule has 0 radical (unpaired) electrons. The number of para-hydroxylation sites is 1. The fraction of sp³-hybridized carbons (Fsp3) is 0.261. The first-order chi connectivity index (χ1) is 14.6. The van der Waals surface area contributed by atoms with Gasteiger partial charge in [-0.05, 0) is 43.2 Å². The summed E-state index contributed by atoms with van der Waals surface area (Å²) in [6.07, 6.45) is 1.70. The van der Waals surface area contributed by atoms with Gasteiger partial charge in [0.15, 0.2) is 0 Å². The Morgan fingerprint density at radius 2 is 2.07 bits per heavy atom. The zero-order chi connectivity index (χ0) is 21.1. The molecule has 4 aromatic rings. The van der Waals surface area contributed by atoms with Crippen molar-refractivity contribution in [3.05, 3.63) is 75.7 Å². The number of aliphatic imine (C=N–C) groups is 1. The highest BCUT2D eigenvalue weighted by Crippen LogP contribution is 2.24. The van der Waals surface area contributed by atoms with Crippen molar-refractivity contribution >= 4 is 27.3 Å². The van der Waals surface area contributed by atoms with Crippen molar-refractivity contribution in [2.75, 3.05) is 7.11 Å². The first kappa shape index (κ1) is 20.1. The Balaban J connectivity index is 1.72. The average molecular weight is 421 g/mol. The first-order valence-electron chi connectivity index (χ1n) is 9.95. The quantitative estimate of drug-likeness (QED) is 0.439. The number of hydrogen-bond acceptors (Lipinski definition) is 5. The molecule has 0 amide bonds. The molecule has 6 nitrogen and oxygen atoms in total. The molecule has 30 heavy (non-hydrogen) atoms. The molecule has 4 rings (SSSR count). The minimum absolute atomic E-state index is 0.107. The van der Waals surface area contributed by atoms with Crippen LogP contribution in [0, 0.1) is 0 Å². The largest absolute Gasteiger partial charge is 0.497 e. The van der Waals surface area contributed by atoms with E-state index in [4.69, 9.17) is 9.73 Å². The number of aryl methyl sites for hydroxylation is 1. The molecule has 0 aliphatic carbocycles. The van der Waals surface area contributed by atoms with Gasteiger partial charge in [0, 0.05) is 11.4 Å². The van der Waals surface area contributed by atoms with Crippen LogP contribution in [0.4, 0.5) is 0 Å². The Hall–Kier alpha value is -3.19. The lowest BCUT2D eigenvalue weighted by atomic mass is 10.1. The second-order valence-corrected chi connectivity index (χ2v) is 8.08. The molecule has 0 aliphatic rings. The van der Waals surface area contributed by atoms with Gasteiger partial charge in [-0.2, -0.15) is 4.68 Å². The Labute approximate surface area is 178 Å². The van der Waals surface area contributed by atoms with Crippen LogP contribution in [-0.4, -0.2) is 27.6 Å². The third-order valence-corrected chi connectivity index (χ3v) is 5.96. The molecule has 2 aromatic heterocycles. The van der Waals surface area contributed by atoms with E-state index < -0.39 is 0 Å². The van der Waals surface area contributed by atoms with Crippen LogP contribution in [0.25, 0.3) is 15.3 Å². The number of H-pyrrole nitrogens is 1. The van der Waals surface area contributed by atoms with Crippen LogP contribution in [0.2, 0.25) is 0 Å². The molecule has 0 spiro atoms. The van der Waals surface area contributed by atoms with E-state index in [1.165, 1.54) is 11.3 Å². The number of hydrogen-bond donors (Lipinski definition) is 1. The minimum Gasteiger partial charge on any atom is -0.497 e. The number of aromatic amines is 1. The summed E-state index contributed by atoms with van der Waals surface area (Å²) in [5, 5.41) is 3.92. The predicted molar refractivity (Wildman–Crippen MR) is 122 cm³/mol. The monoisotopic (exact) mass is 420 g/mol. The van der Waals surface area contributed by atoms with Crippen molar-refractivity contribution in [3.8, 4) is 10.9 Å². The molecule has 0 atom stereocenters. The van der Waals surface area contributed by atoms with Crippen LogP contribution in [0.1, 0.15) is 37.1 Å². The van der Waals surface area contributed by atoms with Crippen molar-refractivity contribution in [1.82, 2.24) is 14.8 Å². The molecular weight excluding hydrogens is 396 g/mol. The van der Waals surface area contributed by atoms with E-state index in [1.54, 1.807) is 11.8 Å². The Morgan fingerprint density at radius 1 is 1.23 bits per heavy atom. The molecular formula is C23H24N4O2S. The van der Waals surface area contributed by atoms with Gasteiger partial charge in [-0.3, -0.25) is 14.9 Å². The minimum atomic E-state index is -0.107. The fourth-order valence-corrected chi connectivity index (χ4v) is 4.36. The number of nitrogens with one attached hydrogen (secondary N) is 1. The Bertz CT molecular complexity index is 1230. The lowest BCUT2D eigenvalue weighted by molar-refractivity contribution is 0.414. The van der Waals surface area contributed by atoms with Crippen LogP contribution in [0.5, 0.6) is 5.75 Å². The standard InChI is InChI=1S/C23H24N4O2S/c1-4-8-19-21(15(2)24-14-16-9-7-10-17(13-16)29-3)22(28)27(26-19)23-25-18-11-5-6-12-20(18)30-23/h5-7,9-13,26H,4,8,14H2,1-3H3. The van der Waals surface area contributed by atoms with Gasteiger partial charge in [-0.1, -0.05) is 48.9 Å². The number of benzene rings is 2. The SMILES string of the molecule is CCCc1[nH]n(-c2nc3ccccc3s2)c(=O)c1C(C)=NCc1cccc(OC)c1. The summed E-state index contributed by atoms with van der Waals surface area (Å²) in [4.78, 5) is 22.6. The van der Waals surface area contributed by atoms with Gasteiger partial charge < -0.3 is 4.74 Å². The van der Waals surface area contributed by atoms with Crippen LogP contribution >= 0.6 is 11.3 Å². The number of ether oxygens (including phenoxy) is 1. The highest BCUT2D eigenvalue weighted by Gasteiger charge is 2.19. The molecule has 0 bridgehead atoms. The molecule has 154 valence electrons. The van der Waals surface area contributed by atoms with Crippen molar-refractivity contribution in [1.29, 1.82) is 0 Å². The van der Waals surface area contributed by atoms with Gasteiger partial charge in [0.05, 0.1) is 29.4 Å². The fourth-order valence-electron chi connectivity index (χ4n) is 3.44. The number of rotatable bonds is 7. The topological polar surface area (TPSA) is 72.3 Å². The molecule has 1 N–H and O–H groups in total. The van der Waals surface area contributed by atoms with Crippen molar-refractivity contribution in [2.45, 2.75) is 33.2 Å². The van der Waals surface area contributed by atoms with E-state index in [0.717, 1.165) is 45.8 Å². The number of fused-ring (bicyclic) bond motifs is 1. The number of nitrogens with zero attached hydrogens (tertiary/aromatic N) is 3. The third-order valence-electron chi connectivity index (χ3n) is 4.93. The van der Waals surface area contributed by atoms with Crippen molar-refractivity contribution in [2.24, 2.45) is 4.99 Å². The van der Waals surface area contributed by atoms with Crippen LogP contribution < -0.4 is 10.3 Å². The zero-order valence-electron chi connectivity index (χ0n) is 17.3. The van der Waals surface area contributed by atoms with Gasteiger partial charge in [0.25, 0.3) is 5.56 Å². The number of methoxy groups -OCH3 is 1. The van der Waals surface area contributed by atoms with E-state index in [0.29, 0.717) is 17.2 Å². The maximum atomic E-state index is 13.3. The molecule has 2 heterocycles. The second kappa shape index (κ2) is 8.67. The zero-order valence-corrected chi connectivity index (χ0v) is 18.1. The number of aromatic nitrogens is 3. The summed E-state index contributed by atoms with van der Waals surface area (Å²) >= 11 is 1.50. The molecule has 0 saturated heterocycles. The number of thiazole rings is 1. The van der Waals surface area contributed by atoms with Gasteiger partial charge in [-0.15, -0.1) is 0 Å². The molecule has 7 heteroatoms. The average Bonchev–Trinajstić information content (AvgIpc) is 3.33. The van der Waals surface area contributed by atoms with Crippen LogP contribution in [-0.2, 0) is 13.0 Å². The highest BCUT2D eigenvalue weighted by molar-refractivity contribution is 7.20. The molecule has 0 aliphatic heterocycles. The predicted octanol–water partition coefficient (Wildman–Crippen LogP) is 4.75. The van der Waals surface area contributed by atoms with Gasteiger partial charge in [0.1, 0.15) is 5.75 Å². The summed E-state index contributed by atoms with van der Waals surface area (Å²) in [5.74, 6) is 0.798. The van der Waals surface area contributed by atoms with E-state index in [1.807, 2.05) is 55.5 Å².